The van der Waals surface area contributed by atoms with Gasteiger partial charge in [-0.15, -0.1) is 0 Å². The van der Waals surface area contributed by atoms with Crippen molar-refractivity contribution >= 4 is 22.6 Å². The Morgan fingerprint density at radius 2 is 2.07 bits per heavy atom. The molecule has 2 N–H and O–H groups in total. The lowest BCUT2D eigenvalue weighted by Gasteiger charge is -2.27. The van der Waals surface area contributed by atoms with Crippen LogP contribution >= 0.6 is 0 Å². The molecule has 2 aliphatic rings. The van der Waals surface area contributed by atoms with Crippen LogP contribution in [0.1, 0.15) is 63.5 Å². The highest BCUT2D eigenvalue weighted by atomic mass is 16.3. The van der Waals surface area contributed by atoms with Gasteiger partial charge in [-0.3, -0.25) is 0 Å². The molecule has 0 amide bonds. The number of unbranched alkanes of at least 4 members (excludes halogenated alkanes) is 1. The first-order valence-electron chi connectivity index (χ1n) is 10.8. The maximum Gasteiger partial charge on any atom is 0.224 e. The molecule has 3 heterocycles. The van der Waals surface area contributed by atoms with E-state index < -0.39 is 0 Å². The van der Waals surface area contributed by atoms with Crippen LogP contribution in [0.5, 0.6) is 0 Å². The molecule has 4 rings (SSSR count). The second-order valence-electron chi connectivity index (χ2n) is 8.37. The molecule has 6 nitrogen and oxygen atoms in total. The maximum absolute atomic E-state index is 9.93. The Morgan fingerprint density at radius 3 is 2.79 bits per heavy atom. The second-order valence-corrected chi connectivity index (χ2v) is 8.37. The molecule has 0 radical (unpaired) electrons. The van der Waals surface area contributed by atoms with Gasteiger partial charge in [0, 0.05) is 49.0 Å². The van der Waals surface area contributed by atoms with E-state index in [0.29, 0.717) is 6.04 Å². The van der Waals surface area contributed by atoms with Gasteiger partial charge in [-0.25, -0.2) is 4.98 Å². The topological polar surface area (TPSA) is 66.2 Å². The van der Waals surface area contributed by atoms with Crippen molar-refractivity contribution in [3.05, 3.63) is 24.0 Å². The quantitative estimate of drug-likeness (QED) is 0.742. The Balaban J connectivity index is 1.71. The lowest BCUT2D eigenvalue weighted by molar-refractivity contribution is 0.111. The third kappa shape index (κ3) is 4.08. The summed E-state index contributed by atoms with van der Waals surface area (Å²) in [6.45, 7) is 5.18. The van der Waals surface area contributed by atoms with E-state index in [1.807, 2.05) is 6.20 Å². The zero-order valence-corrected chi connectivity index (χ0v) is 17.2. The molecule has 2 aromatic rings. The number of fused-ring (bicyclic) bond motifs is 1. The van der Waals surface area contributed by atoms with Crippen molar-refractivity contribution in [1.29, 1.82) is 0 Å². The standard InChI is InChI=1S/C22H33N5O/c1-3-4-11-23-22-24-14-19-20(16-9-12-26(2)13-10-16)15-27(21(19)25-22)17-5-7-18(28)8-6-17/h9,14-15,17-18,28H,3-8,10-13H2,1-2H3,(H,23,24,25)/t17-,18-. The SMILES string of the molecule is CCCCNc1ncc2c(C3=CCN(C)CC3)cn([C@H]3CC[C@H](O)CC3)c2n1. The Labute approximate surface area is 167 Å². The fourth-order valence-corrected chi connectivity index (χ4v) is 4.38. The van der Waals surface area contributed by atoms with Crippen molar-refractivity contribution in [3.63, 3.8) is 0 Å². The van der Waals surface area contributed by atoms with Crippen LogP contribution in [0.4, 0.5) is 5.95 Å². The normalized spacial score (nSPS) is 23.8. The summed E-state index contributed by atoms with van der Waals surface area (Å²) in [5, 5.41) is 14.5. The maximum atomic E-state index is 9.93. The number of anilines is 1. The average Bonchev–Trinajstić information content (AvgIpc) is 3.08. The molecule has 0 bridgehead atoms. The van der Waals surface area contributed by atoms with E-state index in [9.17, 15) is 5.11 Å². The fourth-order valence-electron chi connectivity index (χ4n) is 4.38. The Kier molecular flexibility index (Phi) is 5.97. The van der Waals surface area contributed by atoms with Crippen LogP contribution in [0, 0.1) is 0 Å². The van der Waals surface area contributed by atoms with Gasteiger partial charge in [-0.1, -0.05) is 19.4 Å². The molecule has 152 valence electrons. The summed E-state index contributed by atoms with van der Waals surface area (Å²) in [5.41, 5.74) is 3.73. The first-order chi connectivity index (χ1) is 13.7. The number of aliphatic hydroxyl groups is 1. The first kappa shape index (κ1) is 19.4. The van der Waals surface area contributed by atoms with Gasteiger partial charge in [0.15, 0.2) is 0 Å². The molecule has 1 fully saturated rings. The van der Waals surface area contributed by atoms with E-state index >= 15 is 0 Å². The molecule has 0 unspecified atom stereocenters. The molecule has 6 heteroatoms. The van der Waals surface area contributed by atoms with Crippen molar-refractivity contribution in [2.45, 2.75) is 64.0 Å². The van der Waals surface area contributed by atoms with Crippen LogP contribution in [0.25, 0.3) is 16.6 Å². The zero-order valence-electron chi connectivity index (χ0n) is 17.2. The van der Waals surface area contributed by atoms with Crippen molar-refractivity contribution in [2.75, 3.05) is 32.0 Å². The molecule has 0 aromatic carbocycles. The summed E-state index contributed by atoms with van der Waals surface area (Å²) in [4.78, 5) is 11.9. The van der Waals surface area contributed by atoms with Gasteiger partial charge in [-0.2, -0.15) is 4.98 Å². The van der Waals surface area contributed by atoms with E-state index in [1.54, 1.807) is 0 Å². The summed E-state index contributed by atoms with van der Waals surface area (Å²) < 4.78 is 2.36. The predicted molar refractivity (Wildman–Crippen MR) is 115 cm³/mol. The lowest BCUT2D eigenvalue weighted by atomic mass is 9.93. The van der Waals surface area contributed by atoms with Gasteiger partial charge >= 0.3 is 0 Å². The molecule has 1 aliphatic heterocycles. The summed E-state index contributed by atoms with van der Waals surface area (Å²) >= 11 is 0. The molecular formula is C22H33N5O. The van der Waals surface area contributed by atoms with Crippen molar-refractivity contribution < 1.29 is 5.11 Å². The third-order valence-corrected chi connectivity index (χ3v) is 6.20. The van der Waals surface area contributed by atoms with Gasteiger partial charge in [-0.05, 0) is 51.1 Å². The zero-order chi connectivity index (χ0) is 19.5. The van der Waals surface area contributed by atoms with Crippen molar-refractivity contribution in [3.8, 4) is 0 Å². The summed E-state index contributed by atoms with van der Waals surface area (Å²) in [6, 6.07) is 0.407. The molecule has 28 heavy (non-hydrogen) atoms. The van der Waals surface area contributed by atoms with Gasteiger partial charge in [0.05, 0.1) is 6.10 Å². The van der Waals surface area contributed by atoms with Gasteiger partial charge < -0.3 is 19.9 Å². The molecule has 0 spiro atoms. The Morgan fingerprint density at radius 1 is 1.25 bits per heavy atom. The van der Waals surface area contributed by atoms with E-state index in [0.717, 1.165) is 81.6 Å². The second kappa shape index (κ2) is 8.62. The van der Waals surface area contributed by atoms with Crippen LogP contribution < -0.4 is 5.32 Å². The molecular weight excluding hydrogens is 350 g/mol. The van der Waals surface area contributed by atoms with E-state index in [-0.39, 0.29) is 6.10 Å². The first-order valence-corrected chi connectivity index (χ1v) is 10.8. The lowest BCUT2D eigenvalue weighted by Crippen LogP contribution is -2.23. The Hall–Kier alpha value is -1.92. The highest BCUT2D eigenvalue weighted by Gasteiger charge is 2.25. The average molecular weight is 384 g/mol. The number of aromatic nitrogens is 3. The molecule has 1 aliphatic carbocycles. The molecule has 0 saturated heterocycles. The van der Waals surface area contributed by atoms with Gasteiger partial charge in [0.2, 0.25) is 5.95 Å². The van der Waals surface area contributed by atoms with Crippen LogP contribution in [-0.2, 0) is 0 Å². The number of nitrogens with zero attached hydrogens (tertiary/aromatic N) is 4. The van der Waals surface area contributed by atoms with Gasteiger partial charge in [0.25, 0.3) is 0 Å². The highest BCUT2D eigenvalue weighted by molar-refractivity contribution is 5.91. The smallest absolute Gasteiger partial charge is 0.224 e. The van der Waals surface area contributed by atoms with Crippen molar-refractivity contribution in [1.82, 2.24) is 19.4 Å². The number of rotatable bonds is 6. The van der Waals surface area contributed by atoms with Gasteiger partial charge in [0.1, 0.15) is 5.65 Å². The fraction of sp³-hybridized carbons (Fsp3) is 0.636. The number of hydrogen-bond acceptors (Lipinski definition) is 5. The molecule has 2 aromatic heterocycles. The minimum atomic E-state index is -0.143. The minimum absolute atomic E-state index is 0.143. The molecule has 1 saturated carbocycles. The monoisotopic (exact) mass is 383 g/mol. The van der Waals surface area contributed by atoms with E-state index in [1.165, 1.54) is 11.1 Å². The predicted octanol–water partition coefficient (Wildman–Crippen LogP) is 3.84. The number of aliphatic hydroxyl groups excluding tert-OH is 1. The van der Waals surface area contributed by atoms with Crippen LogP contribution in [0.15, 0.2) is 18.5 Å². The Bertz CT molecular complexity index is 835. The van der Waals surface area contributed by atoms with Crippen molar-refractivity contribution in [2.24, 2.45) is 0 Å². The summed E-state index contributed by atoms with van der Waals surface area (Å²) in [6.07, 6.45) is 13.6. The number of likely N-dealkylation sites (N-methyl/N-ethyl adjacent to an activating group) is 1. The number of hydrogen-bond donors (Lipinski definition) is 2. The largest absolute Gasteiger partial charge is 0.393 e. The minimum Gasteiger partial charge on any atom is -0.393 e. The highest BCUT2D eigenvalue weighted by Crippen LogP contribution is 2.36. The summed E-state index contributed by atoms with van der Waals surface area (Å²) in [7, 11) is 2.17. The molecule has 0 atom stereocenters. The third-order valence-electron chi connectivity index (χ3n) is 6.20. The van der Waals surface area contributed by atoms with E-state index in [2.05, 4.69) is 46.0 Å². The van der Waals surface area contributed by atoms with E-state index in [4.69, 9.17) is 4.98 Å². The van der Waals surface area contributed by atoms with Crippen LogP contribution in [0.2, 0.25) is 0 Å². The summed E-state index contributed by atoms with van der Waals surface area (Å²) in [5.74, 6) is 0.722. The number of nitrogens with one attached hydrogen (secondary N) is 1. The van der Waals surface area contributed by atoms with Crippen LogP contribution in [-0.4, -0.2) is 57.3 Å². The van der Waals surface area contributed by atoms with Crippen LogP contribution in [0.3, 0.4) is 0 Å².